The molecule has 0 N–H and O–H groups in total. The van der Waals surface area contributed by atoms with Crippen LogP contribution in [0.25, 0.3) is 11.3 Å². The smallest absolute Gasteiger partial charge is 0.185 e. The van der Waals surface area contributed by atoms with Crippen molar-refractivity contribution in [2.24, 2.45) is 11.3 Å². The molecule has 0 unspecified atom stereocenters. The number of aromatic nitrogens is 2. The van der Waals surface area contributed by atoms with Gasteiger partial charge in [-0.15, -0.1) is 0 Å². The van der Waals surface area contributed by atoms with Crippen molar-refractivity contribution in [3.05, 3.63) is 71.2 Å². The molecule has 0 bridgehead atoms. The molecule has 1 fully saturated rings. The Hall–Kier alpha value is -3.26. The molecule has 3 aromatic rings. The molecule has 1 aliphatic heterocycles. The normalized spacial score (nSPS) is 15.5. The lowest BCUT2D eigenvalue weighted by molar-refractivity contribution is -0.126. The maximum Gasteiger partial charge on any atom is 0.185 e. The van der Waals surface area contributed by atoms with Crippen LogP contribution >= 0.6 is 0 Å². The predicted molar refractivity (Wildman–Crippen MR) is 141 cm³/mol. The maximum atomic E-state index is 14.2. The molecule has 1 aromatic carbocycles. The van der Waals surface area contributed by atoms with Gasteiger partial charge in [-0.3, -0.25) is 14.6 Å². The zero-order chi connectivity index (χ0) is 27.7. The Morgan fingerprint density at radius 2 is 1.84 bits per heavy atom. The molecule has 0 aliphatic carbocycles. The van der Waals surface area contributed by atoms with Crippen LogP contribution in [0.1, 0.15) is 68.7 Å². The Kier molecular flexibility index (Phi) is 7.93. The number of carbonyl (C=O) groups is 2. The lowest BCUT2D eigenvalue weighted by atomic mass is 9.69. The van der Waals surface area contributed by atoms with Crippen LogP contribution in [0.4, 0.5) is 8.78 Å². The summed E-state index contributed by atoms with van der Waals surface area (Å²) in [5.74, 6) is -1.12. The van der Waals surface area contributed by atoms with Crippen LogP contribution in [-0.4, -0.2) is 46.2 Å². The SMILES string of the molecule is Cc1cc(C(C)(C)CC(=O)CC2(CC(=O)c3cc(-c4ccc(F)cc4F)on3)CN(CC(C)C)C2)ccn1. The van der Waals surface area contributed by atoms with Crippen LogP contribution in [0.3, 0.4) is 0 Å². The van der Waals surface area contributed by atoms with Crippen LogP contribution in [0, 0.1) is 29.9 Å². The van der Waals surface area contributed by atoms with Gasteiger partial charge in [-0.05, 0) is 48.1 Å². The average Bonchev–Trinajstić information content (AvgIpc) is 3.27. The Morgan fingerprint density at radius 1 is 1.11 bits per heavy atom. The number of hydrogen-bond acceptors (Lipinski definition) is 6. The molecule has 1 aliphatic rings. The minimum atomic E-state index is -0.794. The van der Waals surface area contributed by atoms with Gasteiger partial charge in [0.1, 0.15) is 23.1 Å². The topological polar surface area (TPSA) is 76.3 Å². The first-order chi connectivity index (χ1) is 17.9. The fourth-order valence-corrected chi connectivity index (χ4v) is 5.53. The van der Waals surface area contributed by atoms with Crippen molar-refractivity contribution in [1.29, 1.82) is 0 Å². The lowest BCUT2D eigenvalue weighted by Crippen LogP contribution is -2.58. The van der Waals surface area contributed by atoms with Crippen molar-refractivity contribution in [3.63, 3.8) is 0 Å². The fraction of sp³-hybridized carbons (Fsp3) is 0.467. The molecule has 6 nitrogen and oxygen atoms in total. The number of ketones is 2. The molecule has 1 saturated heterocycles. The third-order valence-electron chi connectivity index (χ3n) is 7.16. The fourth-order valence-electron chi connectivity index (χ4n) is 5.53. The first kappa shape index (κ1) is 27.8. The number of benzene rings is 1. The third kappa shape index (κ3) is 6.41. The zero-order valence-electron chi connectivity index (χ0n) is 22.7. The Labute approximate surface area is 222 Å². The maximum absolute atomic E-state index is 14.2. The summed E-state index contributed by atoms with van der Waals surface area (Å²) in [6, 6.07) is 8.46. The Bertz CT molecular complexity index is 1330. The summed E-state index contributed by atoms with van der Waals surface area (Å²) >= 11 is 0. The largest absolute Gasteiger partial charge is 0.355 e. The second kappa shape index (κ2) is 10.8. The van der Waals surface area contributed by atoms with Crippen LogP contribution in [-0.2, 0) is 10.2 Å². The van der Waals surface area contributed by atoms with Gasteiger partial charge in [-0.2, -0.15) is 0 Å². The van der Waals surface area contributed by atoms with E-state index in [0.717, 1.165) is 29.9 Å². The highest BCUT2D eigenvalue weighted by atomic mass is 19.1. The minimum Gasteiger partial charge on any atom is -0.355 e. The van der Waals surface area contributed by atoms with Crippen molar-refractivity contribution in [3.8, 4) is 11.3 Å². The molecule has 202 valence electrons. The number of carbonyl (C=O) groups excluding carboxylic acids is 2. The molecular formula is C30H35F2N3O3. The Balaban J connectivity index is 1.49. The van der Waals surface area contributed by atoms with E-state index in [-0.39, 0.29) is 46.8 Å². The molecule has 4 rings (SSSR count). The zero-order valence-corrected chi connectivity index (χ0v) is 22.7. The van der Waals surface area contributed by atoms with Gasteiger partial charge in [0.2, 0.25) is 0 Å². The van der Waals surface area contributed by atoms with Crippen LogP contribution in [0.5, 0.6) is 0 Å². The van der Waals surface area contributed by atoms with Crippen LogP contribution in [0.15, 0.2) is 47.1 Å². The lowest BCUT2D eigenvalue weighted by Gasteiger charge is -2.50. The van der Waals surface area contributed by atoms with Crippen LogP contribution < -0.4 is 0 Å². The summed E-state index contributed by atoms with van der Waals surface area (Å²) < 4.78 is 32.7. The second-order valence-corrected chi connectivity index (χ2v) is 11.8. The van der Waals surface area contributed by atoms with Crippen molar-refractivity contribution in [2.75, 3.05) is 19.6 Å². The van der Waals surface area contributed by atoms with E-state index in [2.05, 4.69) is 42.7 Å². The third-order valence-corrected chi connectivity index (χ3v) is 7.16. The summed E-state index contributed by atoms with van der Waals surface area (Å²) in [7, 11) is 0. The van der Waals surface area contributed by atoms with Crippen LogP contribution in [0.2, 0.25) is 0 Å². The van der Waals surface area contributed by atoms with Crippen molar-refractivity contribution in [2.45, 2.75) is 59.3 Å². The minimum absolute atomic E-state index is 0.0307. The van der Waals surface area contributed by atoms with E-state index < -0.39 is 17.0 Å². The van der Waals surface area contributed by atoms with Crippen molar-refractivity contribution >= 4 is 11.6 Å². The first-order valence-electron chi connectivity index (χ1n) is 13.0. The Morgan fingerprint density at radius 3 is 2.50 bits per heavy atom. The highest BCUT2D eigenvalue weighted by Gasteiger charge is 2.46. The second-order valence-electron chi connectivity index (χ2n) is 11.8. The van der Waals surface area contributed by atoms with Gasteiger partial charge in [0, 0.05) is 68.3 Å². The highest BCUT2D eigenvalue weighted by Crippen LogP contribution is 2.41. The number of halogens is 2. The molecule has 3 heterocycles. The van der Waals surface area contributed by atoms with Crippen molar-refractivity contribution < 1.29 is 22.9 Å². The predicted octanol–water partition coefficient (Wildman–Crippen LogP) is 6.18. The summed E-state index contributed by atoms with van der Waals surface area (Å²) in [4.78, 5) is 33.2. The molecule has 2 aromatic heterocycles. The molecular weight excluding hydrogens is 488 g/mol. The van der Waals surface area contributed by atoms with E-state index in [9.17, 15) is 18.4 Å². The molecule has 8 heteroatoms. The summed E-state index contributed by atoms with van der Waals surface area (Å²) in [6.07, 6.45) is 2.55. The van der Waals surface area contributed by atoms with E-state index in [1.165, 1.54) is 12.1 Å². The van der Waals surface area contributed by atoms with Crippen molar-refractivity contribution in [1.82, 2.24) is 15.0 Å². The van der Waals surface area contributed by atoms with Gasteiger partial charge in [-0.1, -0.05) is 32.9 Å². The van der Waals surface area contributed by atoms with Gasteiger partial charge >= 0.3 is 0 Å². The number of likely N-dealkylation sites (tertiary alicyclic amines) is 1. The van der Waals surface area contributed by atoms with Gasteiger partial charge in [-0.25, -0.2) is 8.78 Å². The number of nitrogens with zero attached hydrogens (tertiary/aromatic N) is 3. The molecule has 0 atom stereocenters. The van der Waals surface area contributed by atoms with Gasteiger partial charge in [0.05, 0.1) is 5.56 Å². The van der Waals surface area contributed by atoms with E-state index in [0.29, 0.717) is 25.4 Å². The van der Waals surface area contributed by atoms with Gasteiger partial charge in [0.25, 0.3) is 0 Å². The summed E-state index contributed by atoms with van der Waals surface area (Å²) in [5.41, 5.74) is 1.21. The number of pyridine rings is 1. The highest BCUT2D eigenvalue weighted by molar-refractivity contribution is 5.96. The van der Waals surface area contributed by atoms with Gasteiger partial charge in [0.15, 0.2) is 11.5 Å². The van der Waals surface area contributed by atoms with E-state index in [4.69, 9.17) is 4.52 Å². The molecule has 0 radical (unpaired) electrons. The number of Topliss-reactive ketones (excluding diaryl/α,β-unsaturated/α-hetero) is 2. The molecule has 0 saturated carbocycles. The number of rotatable bonds is 11. The summed E-state index contributed by atoms with van der Waals surface area (Å²) in [6.45, 7) is 12.5. The molecule has 38 heavy (non-hydrogen) atoms. The van der Waals surface area contributed by atoms with E-state index in [1.54, 1.807) is 6.20 Å². The summed E-state index contributed by atoms with van der Waals surface area (Å²) in [5, 5.41) is 3.86. The van der Waals surface area contributed by atoms with E-state index in [1.807, 2.05) is 19.1 Å². The molecule has 0 spiro atoms. The quantitative estimate of drug-likeness (QED) is 0.279. The standard InChI is InChI=1S/C30H35F2N3O3/c1-19(2)16-35-17-30(18-35,14-23(36)13-29(4,5)21-8-9-33-20(3)10-21)15-27(37)26-12-28(38-34-26)24-7-6-22(31)11-25(24)32/h6-12,19H,13-18H2,1-5H3. The monoisotopic (exact) mass is 523 g/mol. The first-order valence-corrected chi connectivity index (χ1v) is 13.0. The average molecular weight is 524 g/mol. The van der Waals surface area contributed by atoms with E-state index >= 15 is 0 Å². The van der Waals surface area contributed by atoms with Gasteiger partial charge < -0.3 is 9.42 Å². The number of aryl methyl sites for hydroxylation is 1. The molecule has 0 amide bonds. The number of hydrogen-bond donors (Lipinski definition) is 0.